The van der Waals surface area contributed by atoms with E-state index in [1.807, 2.05) is 22.6 Å². The van der Waals surface area contributed by atoms with Crippen LogP contribution in [0.1, 0.15) is 5.56 Å². The normalized spacial score (nSPS) is 11.8. The standard InChI is InChI=1S/C7H4F3IS/c8-7(9,10)5-3-4(11)1-2-6(5)12/h1-3,12H. The van der Waals surface area contributed by atoms with E-state index in [0.29, 0.717) is 3.57 Å². The van der Waals surface area contributed by atoms with Gasteiger partial charge in [0.2, 0.25) is 0 Å². The van der Waals surface area contributed by atoms with Gasteiger partial charge in [0.1, 0.15) is 0 Å². The van der Waals surface area contributed by atoms with Crippen molar-refractivity contribution >= 4 is 35.2 Å². The molecule has 0 spiro atoms. The zero-order chi connectivity index (χ0) is 9.35. The molecule has 0 N–H and O–H groups in total. The molecular formula is C7H4F3IS. The topological polar surface area (TPSA) is 0 Å². The van der Waals surface area contributed by atoms with Gasteiger partial charge in [-0.3, -0.25) is 0 Å². The molecule has 0 saturated carbocycles. The van der Waals surface area contributed by atoms with Gasteiger partial charge in [-0.15, -0.1) is 12.6 Å². The summed E-state index contributed by atoms with van der Waals surface area (Å²) >= 11 is 5.54. The first-order valence-electron chi connectivity index (χ1n) is 2.97. The maximum atomic E-state index is 12.2. The monoisotopic (exact) mass is 304 g/mol. The molecule has 12 heavy (non-hydrogen) atoms. The molecule has 0 unspecified atom stereocenters. The molecule has 0 heterocycles. The van der Waals surface area contributed by atoms with Crippen LogP contribution in [-0.4, -0.2) is 0 Å². The highest BCUT2D eigenvalue weighted by Gasteiger charge is 2.32. The predicted octanol–water partition coefficient (Wildman–Crippen LogP) is 3.60. The molecule has 0 bridgehead atoms. The van der Waals surface area contributed by atoms with Crippen LogP contribution < -0.4 is 0 Å². The first-order valence-corrected chi connectivity index (χ1v) is 4.49. The molecule has 66 valence electrons. The second-order valence-electron chi connectivity index (χ2n) is 2.16. The second kappa shape index (κ2) is 3.45. The minimum Gasteiger partial charge on any atom is -0.166 e. The van der Waals surface area contributed by atoms with Crippen LogP contribution in [-0.2, 0) is 6.18 Å². The first kappa shape index (κ1) is 10.2. The predicted molar refractivity (Wildman–Crippen MR) is 51.4 cm³/mol. The molecule has 0 aliphatic heterocycles. The minimum absolute atomic E-state index is 0.0390. The Hall–Kier alpha value is 0.0900. The molecule has 1 aromatic carbocycles. The van der Waals surface area contributed by atoms with E-state index in [1.165, 1.54) is 6.07 Å². The van der Waals surface area contributed by atoms with Crippen molar-refractivity contribution < 1.29 is 13.2 Å². The quantitative estimate of drug-likeness (QED) is 0.549. The van der Waals surface area contributed by atoms with Gasteiger partial charge in [-0.1, -0.05) is 0 Å². The molecule has 5 heteroatoms. The smallest absolute Gasteiger partial charge is 0.166 e. The molecular weight excluding hydrogens is 300 g/mol. The van der Waals surface area contributed by atoms with E-state index in [4.69, 9.17) is 0 Å². The number of thiol groups is 1. The van der Waals surface area contributed by atoms with Gasteiger partial charge in [0.05, 0.1) is 5.56 Å². The zero-order valence-corrected chi connectivity index (χ0v) is 8.74. The highest BCUT2D eigenvalue weighted by atomic mass is 127. The molecule has 0 amide bonds. The van der Waals surface area contributed by atoms with E-state index in [2.05, 4.69) is 12.6 Å². The minimum atomic E-state index is -4.31. The van der Waals surface area contributed by atoms with Crippen molar-refractivity contribution in [2.45, 2.75) is 11.1 Å². The Labute approximate surface area is 86.7 Å². The van der Waals surface area contributed by atoms with Crippen LogP contribution in [0.15, 0.2) is 23.1 Å². The molecule has 0 aromatic heterocycles. The third kappa shape index (κ3) is 2.29. The van der Waals surface area contributed by atoms with Gasteiger partial charge in [0, 0.05) is 8.47 Å². The number of benzene rings is 1. The first-order chi connectivity index (χ1) is 5.41. The number of hydrogen-bond donors (Lipinski definition) is 1. The number of halogens is 4. The summed E-state index contributed by atoms with van der Waals surface area (Å²) in [7, 11) is 0. The average Bonchev–Trinajstić information content (AvgIpc) is 1.92. The fourth-order valence-electron chi connectivity index (χ4n) is 0.735. The lowest BCUT2D eigenvalue weighted by molar-refractivity contribution is -0.139. The lowest BCUT2D eigenvalue weighted by atomic mass is 10.2. The highest BCUT2D eigenvalue weighted by molar-refractivity contribution is 14.1. The Morgan fingerprint density at radius 1 is 1.25 bits per heavy atom. The maximum Gasteiger partial charge on any atom is 0.417 e. The van der Waals surface area contributed by atoms with Crippen molar-refractivity contribution in [3.05, 3.63) is 27.3 Å². The molecule has 0 fully saturated rings. The van der Waals surface area contributed by atoms with Crippen molar-refractivity contribution in [1.82, 2.24) is 0 Å². The molecule has 0 aliphatic rings. The van der Waals surface area contributed by atoms with Gasteiger partial charge in [0.15, 0.2) is 0 Å². The van der Waals surface area contributed by atoms with Crippen molar-refractivity contribution in [3.8, 4) is 0 Å². The fourth-order valence-corrected chi connectivity index (χ4v) is 1.49. The van der Waals surface area contributed by atoms with Crippen molar-refractivity contribution in [2.75, 3.05) is 0 Å². The van der Waals surface area contributed by atoms with Crippen LogP contribution in [0.3, 0.4) is 0 Å². The Kier molecular flexibility index (Phi) is 2.92. The summed E-state index contributed by atoms with van der Waals surface area (Å²) in [6.45, 7) is 0. The van der Waals surface area contributed by atoms with Gasteiger partial charge in [-0.25, -0.2) is 0 Å². The summed E-state index contributed by atoms with van der Waals surface area (Å²) in [5.41, 5.74) is -0.683. The molecule has 1 rings (SSSR count). The van der Waals surface area contributed by atoms with Gasteiger partial charge in [-0.05, 0) is 40.8 Å². The number of rotatable bonds is 0. The summed E-state index contributed by atoms with van der Waals surface area (Å²) < 4.78 is 37.1. The van der Waals surface area contributed by atoms with Crippen molar-refractivity contribution in [3.63, 3.8) is 0 Å². The molecule has 0 atom stereocenters. The molecule has 0 saturated heterocycles. The summed E-state index contributed by atoms with van der Waals surface area (Å²) in [4.78, 5) is -0.0390. The summed E-state index contributed by atoms with van der Waals surface area (Å²) in [5.74, 6) is 0. The van der Waals surface area contributed by atoms with E-state index < -0.39 is 11.7 Å². The largest absolute Gasteiger partial charge is 0.417 e. The van der Waals surface area contributed by atoms with Crippen LogP contribution in [0, 0.1) is 3.57 Å². The van der Waals surface area contributed by atoms with E-state index in [9.17, 15) is 13.2 Å². The third-order valence-corrected chi connectivity index (χ3v) is 2.32. The maximum absolute atomic E-state index is 12.2. The van der Waals surface area contributed by atoms with Crippen molar-refractivity contribution in [1.29, 1.82) is 0 Å². The van der Waals surface area contributed by atoms with Crippen LogP contribution in [0.2, 0.25) is 0 Å². The van der Waals surface area contributed by atoms with E-state index >= 15 is 0 Å². The van der Waals surface area contributed by atoms with E-state index in [0.717, 1.165) is 6.07 Å². The summed E-state index contributed by atoms with van der Waals surface area (Å²) in [5, 5.41) is 0. The number of hydrogen-bond acceptors (Lipinski definition) is 1. The Morgan fingerprint density at radius 2 is 1.83 bits per heavy atom. The third-order valence-electron chi connectivity index (χ3n) is 1.26. The zero-order valence-electron chi connectivity index (χ0n) is 5.69. The summed E-state index contributed by atoms with van der Waals surface area (Å²) in [6.07, 6.45) is -4.31. The highest BCUT2D eigenvalue weighted by Crippen LogP contribution is 2.34. The average molecular weight is 304 g/mol. The number of alkyl halides is 3. The van der Waals surface area contributed by atoms with Gasteiger partial charge < -0.3 is 0 Å². The van der Waals surface area contributed by atoms with Crippen molar-refractivity contribution in [2.24, 2.45) is 0 Å². The van der Waals surface area contributed by atoms with Crippen LogP contribution in [0.25, 0.3) is 0 Å². The van der Waals surface area contributed by atoms with Crippen LogP contribution in [0.5, 0.6) is 0 Å². The van der Waals surface area contributed by atoms with E-state index in [1.54, 1.807) is 6.07 Å². The lowest BCUT2D eigenvalue weighted by Crippen LogP contribution is -2.06. The van der Waals surface area contributed by atoms with Crippen LogP contribution >= 0.6 is 35.2 Å². The Bertz CT molecular complexity index is 295. The Morgan fingerprint density at radius 3 is 2.25 bits per heavy atom. The van der Waals surface area contributed by atoms with Gasteiger partial charge in [0.25, 0.3) is 0 Å². The summed E-state index contributed by atoms with van der Waals surface area (Å²) in [6, 6.07) is 3.99. The van der Waals surface area contributed by atoms with Crippen LogP contribution in [0.4, 0.5) is 13.2 Å². The van der Waals surface area contributed by atoms with Gasteiger partial charge in [-0.2, -0.15) is 13.2 Å². The van der Waals surface area contributed by atoms with E-state index in [-0.39, 0.29) is 4.90 Å². The molecule has 1 aromatic rings. The van der Waals surface area contributed by atoms with Gasteiger partial charge >= 0.3 is 6.18 Å². The second-order valence-corrected chi connectivity index (χ2v) is 3.89. The molecule has 0 radical (unpaired) electrons. The molecule has 0 nitrogen and oxygen atoms in total. The Balaban J connectivity index is 3.23. The SMILES string of the molecule is FC(F)(F)c1cc(I)ccc1S. The lowest BCUT2D eigenvalue weighted by Gasteiger charge is -2.08. The molecule has 0 aliphatic carbocycles. The fraction of sp³-hybridized carbons (Fsp3) is 0.143.